The molecule has 1 aliphatic rings. The lowest BCUT2D eigenvalue weighted by atomic mass is 9.85. The molecule has 1 heterocycles. The molecule has 0 aliphatic carbocycles. The Bertz CT molecular complexity index is 194. The number of carbonyl (C=O) groups is 1. The van der Waals surface area contributed by atoms with E-state index in [4.69, 9.17) is 4.74 Å². The first-order valence-corrected chi connectivity index (χ1v) is 5.52. The maximum absolute atomic E-state index is 11.3. The number of rotatable bonds is 2. The Hall–Kier alpha value is -0.730. The predicted molar refractivity (Wildman–Crippen MR) is 56.2 cm³/mol. The Morgan fingerprint density at radius 1 is 1.64 bits per heavy atom. The van der Waals surface area contributed by atoms with Gasteiger partial charge in [-0.2, -0.15) is 0 Å². The van der Waals surface area contributed by atoms with Crippen molar-refractivity contribution in [3.8, 4) is 0 Å². The summed E-state index contributed by atoms with van der Waals surface area (Å²) < 4.78 is 4.74. The minimum absolute atomic E-state index is 0.169. The standard InChI is InChI=1S/C11H21NO2/c1-4-9(2)10-6-5-7-12(8-10)11(13)14-3/h9-10H,4-8H2,1-3H3. The fourth-order valence-electron chi connectivity index (χ4n) is 2.10. The van der Waals surface area contributed by atoms with Gasteiger partial charge in [-0.25, -0.2) is 4.79 Å². The Labute approximate surface area is 86.4 Å². The maximum Gasteiger partial charge on any atom is 0.409 e. The summed E-state index contributed by atoms with van der Waals surface area (Å²) in [5, 5.41) is 0. The summed E-state index contributed by atoms with van der Waals surface area (Å²) in [6.07, 6.45) is 3.39. The third kappa shape index (κ3) is 2.63. The largest absolute Gasteiger partial charge is 0.453 e. The second-order valence-corrected chi connectivity index (χ2v) is 4.20. The van der Waals surface area contributed by atoms with Crippen molar-refractivity contribution in [1.82, 2.24) is 4.90 Å². The van der Waals surface area contributed by atoms with Gasteiger partial charge in [0.05, 0.1) is 7.11 Å². The van der Waals surface area contributed by atoms with Crippen LogP contribution in [0.3, 0.4) is 0 Å². The van der Waals surface area contributed by atoms with E-state index >= 15 is 0 Å². The van der Waals surface area contributed by atoms with E-state index in [0.717, 1.165) is 19.5 Å². The SMILES string of the molecule is CCC(C)C1CCCN(C(=O)OC)C1. The van der Waals surface area contributed by atoms with Crippen LogP contribution < -0.4 is 0 Å². The van der Waals surface area contributed by atoms with E-state index in [1.165, 1.54) is 20.0 Å². The van der Waals surface area contributed by atoms with Crippen molar-refractivity contribution in [2.45, 2.75) is 33.1 Å². The van der Waals surface area contributed by atoms with E-state index in [1.54, 1.807) is 0 Å². The Balaban J connectivity index is 2.47. The van der Waals surface area contributed by atoms with Gasteiger partial charge in [0.25, 0.3) is 0 Å². The molecule has 3 nitrogen and oxygen atoms in total. The topological polar surface area (TPSA) is 29.5 Å². The quantitative estimate of drug-likeness (QED) is 0.684. The molecule has 1 saturated heterocycles. The summed E-state index contributed by atoms with van der Waals surface area (Å²) in [6, 6.07) is 0. The number of likely N-dealkylation sites (tertiary alicyclic amines) is 1. The average Bonchev–Trinajstić information content (AvgIpc) is 2.27. The highest BCUT2D eigenvalue weighted by molar-refractivity contribution is 5.67. The summed E-state index contributed by atoms with van der Waals surface area (Å²) in [5.74, 6) is 1.37. The van der Waals surface area contributed by atoms with Crippen LogP contribution in [-0.4, -0.2) is 31.2 Å². The molecule has 0 aromatic carbocycles. The van der Waals surface area contributed by atoms with Crippen molar-refractivity contribution in [3.63, 3.8) is 0 Å². The number of piperidine rings is 1. The lowest BCUT2D eigenvalue weighted by Gasteiger charge is -2.34. The third-order valence-electron chi connectivity index (χ3n) is 3.34. The van der Waals surface area contributed by atoms with E-state index < -0.39 is 0 Å². The van der Waals surface area contributed by atoms with Crippen molar-refractivity contribution in [3.05, 3.63) is 0 Å². The fourth-order valence-corrected chi connectivity index (χ4v) is 2.10. The molecule has 82 valence electrons. The van der Waals surface area contributed by atoms with Gasteiger partial charge in [0.1, 0.15) is 0 Å². The number of hydrogen-bond donors (Lipinski definition) is 0. The Morgan fingerprint density at radius 3 is 2.93 bits per heavy atom. The minimum Gasteiger partial charge on any atom is -0.453 e. The molecular weight excluding hydrogens is 178 g/mol. The molecule has 1 rings (SSSR count). The number of nitrogens with zero attached hydrogens (tertiary/aromatic N) is 1. The Morgan fingerprint density at radius 2 is 2.36 bits per heavy atom. The first-order chi connectivity index (χ1) is 6.69. The number of methoxy groups -OCH3 is 1. The van der Waals surface area contributed by atoms with E-state index in [-0.39, 0.29) is 6.09 Å². The number of amides is 1. The van der Waals surface area contributed by atoms with Crippen molar-refractivity contribution < 1.29 is 9.53 Å². The van der Waals surface area contributed by atoms with Gasteiger partial charge in [0.15, 0.2) is 0 Å². The molecule has 1 fully saturated rings. The molecule has 1 amide bonds. The van der Waals surface area contributed by atoms with E-state index in [9.17, 15) is 4.79 Å². The maximum atomic E-state index is 11.3. The molecule has 14 heavy (non-hydrogen) atoms. The van der Waals surface area contributed by atoms with Crippen LogP contribution >= 0.6 is 0 Å². The second kappa shape index (κ2) is 5.23. The number of ether oxygens (including phenoxy) is 1. The average molecular weight is 199 g/mol. The highest BCUT2D eigenvalue weighted by Crippen LogP contribution is 2.25. The zero-order valence-electron chi connectivity index (χ0n) is 9.45. The molecule has 0 bridgehead atoms. The molecule has 3 heteroatoms. The van der Waals surface area contributed by atoms with Crippen LogP contribution in [0, 0.1) is 11.8 Å². The smallest absolute Gasteiger partial charge is 0.409 e. The van der Waals surface area contributed by atoms with Crippen LogP contribution in [0.2, 0.25) is 0 Å². The van der Waals surface area contributed by atoms with E-state index in [2.05, 4.69) is 13.8 Å². The number of hydrogen-bond acceptors (Lipinski definition) is 2. The van der Waals surface area contributed by atoms with Crippen LogP contribution in [0.5, 0.6) is 0 Å². The molecule has 0 spiro atoms. The van der Waals surface area contributed by atoms with Crippen LogP contribution in [0.25, 0.3) is 0 Å². The van der Waals surface area contributed by atoms with Gasteiger partial charge in [0, 0.05) is 13.1 Å². The van der Waals surface area contributed by atoms with Crippen LogP contribution in [0.1, 0.15) is 33.1 Å². The fraction of sp³-hybridized carbons (Fsp3) is 0.909. The van der Waals surface area contributed by atoms with Gasteiger partial charge in [-0.3, -0.25) is 0 Å². The lowest BCUT2D eigenvalue weighted by molar-refractivity contribution is 0.0912. The highest BCUT2D eigenvalue weighted by atomic mass is 16.5. The van der Waals surface area contributed by atoms with Gasteiger partial charge in [-0.1, -0.05) is 20.3 Å². The van der Waals surface area contributed by atoms with Gasteiger partial charge in [-0.05, 0) is 24.7 Å². The monoisotopic (exact) mass is 199 g/mol. The zero-order chi connectivity index (χ0) is 10.6. The van der Waals surface area contributed by atoms with Crippen LogP contribution in [-0.2, 0) is 4.74 Å². The predicted octanol–water partition coefficient (Wildman–Crippen LogP) is 2.51. The summed E-state index contributed by atoms with van der Waals surface area (Å²) in [7, 11) is 1.45. The normalized spacial score (nSPS) is 24.5. The second-order valence-electron chi connectivity index (χ2n) is 4.20. The summed E-state index contributed by atoms with van der Waals surface area (Å²) >= 11 is 0. The first kappa shape index (κ1) is 11.3. The molecule has 0 N–H and O–H groups in total. The molecule has 1 aliphatic heterocycles. The van der Waals surface area contributed by atoms with Gasteiger partial charge in [-0.15, -0.1) is 0 Å². The molecular formula is C11H21NO2. The summed E-state index contributed by atoms with van der Waals surface area (Å²) in [5.41, 5.74) is 0. The van der Waals surface area contributed by atoms with Crippen LogP contribution in [0.15, 0.2) is 0 Å². The van der Waals surface area contributed by atoms with Crippen LogP contribution in [0.4, 0.5) is 4.79 Å². The highest BCUT2D eigenvalue weighted by Gasteiger charge is 2.26. The van der Waals surface area contributed by atoms with Crippen molar-refractivity contribution in [2.24, 2.45) is 11.8 Å². The molecule has 0 aromatic heterocycles. The zero-order valence-corrected chi connectivity index (χ0v) is 9.45. The van der Waals surface area contributed by atoms with E-state index in [0.29, 0.717) is 11.8 Å². The third-order valence-corrected chi connectivity index (χ3v) is 3.34. The molecule has 2 atom stereocenters. The van der Waals surface area contributed by atoms with Gasteiger partial charge < -0.3 is 9.64 Å². The minimum atomic E-state index is -0.169. The molecule has 0 saturated carbocycles. The summed E-state index contributed by atoms with van der Waals surface area (Å²) in [4.78, 5) is 13.2. The van der Waals surface area contributed by atoms with Crippen molar-refractivity contribution in [2.75, 3.05) is 20.2 Å². The number of carbonyl (C=O) groups excluding carboxylic acids is 1. The van der Waals surface area contributed by atoms with E-state index in [1.807, 2.05) is 4.90 Å². The molecule has 0 aromatic rings. The van der Waals surface area contributed by atoms with Gasteiger partial charge in [0.2, 0.25) is 0 Å². The summed E-state index contributed by atoms with van der Waals surface area (Å²) in [6.45, 7) is 6.22. The van der Waals surface area contributed by atoms with Gasteiger partial charge >= 0.3 is 6.09 Å². The van der Waals surface area contributed by atoms with Crippen molar-refractivity contribution in [1.29, 1.82) is 0 Å². The molecule has 2 unspecified atom stereocenters. The molecule has 0 radical (unpaired) electrons. The van der Waals surface area contributed by atoms with Crippen molar-refractivity contribution >= 4 is 6.09 Å². The lowest BCUT2D eigenvalue weighted by Crippen LogP contribution is -2.41. The first-order valence-electron chi connectivity index (χ1n) is 5.52. The Kier molecular flexibility index (Phi) is 4.23.